The Bertz CT molecular complexity index is 1200. The maximum Gasteiger partial charge on any atom is 0.221 e. The molecular formula is C21H17BrClN5O. The van der Waals surface area contributed by atoms with E-state index in [0.29, 0.717) is 37.8 Å². The number of carbonyl (C=O) groups is 1. The number of nitrogens with two attached hydrogens (primary N) is 1. The third-order valence-electron chi connectivity index (χ3n) is 5.96. The van der Waals surface area contributed by atoms with Gasteiger partial charge in [-0.25, -0.2) is 9.97 Å². The predicted molar refractivity (Wildman–Crippen MR) is 116 cm³/mol. The summed E-state index contributed by atoms with van der Waals surface area (Å²) in [6.07, 6.45) is 6.69. The molecule has 29 heavy (non-hydrogen) atoms. The molecule has 2 aliphatic rings. The van der Waals surface area contributed by atoms with E-state index < -0.39 is 0 Å². The molecule has 2 heterocycles. The van der Waals surface area contributed by atoms with Crippen LogP contribution in [-0.2, 0) is 4.79 Å². The van der Waals surface area contributed by atoms with Gasteiger partial charge in [0, 0.05) is 38.4 Å². The van der Waals surface area contributed by atoms with Crippen LogP contribution >= 0.6 is 27.5 Å². The van der Waals surface area contributed by atoms with E-state index in [1.54, 1.807) is 12.3 Å². The van der Waals surface area contributed by atoms with Crippen LogP contribution in [0.25, 0.3) is 22.6 Å². The van der Waals surface area contributed by atoms with E-state index >= 15 is 0 Å². The van der Waals surface area contributed by atoms with Crippen molar-refractivity contribution in [3.63, 3.8) is 0 Å². The Morgan fingerprint density at radius 3 is 2.76 bits per heavy atom. The van der Waals surface area contributed by atoms with Crippen LogP contribution in [0.3, 0.4) is 0 Å². The molecule has 146 valence electrons. The van der Waals surface area contributed by atoms with E-state index in [9.17, 15) is 4.79 Å². The zero-order chi connectivity index (χ0) is 20.3. The maximum atomic E-state index is 12.1. The van der Waals surface area contributed by atoms with Crippen LogP contribution in [0.2, 0.25) is 5.02 Å². The summed E-state index contributed by atoms with van der Waals surface area (Å²) in [5, 5.41) is 9.62. The number of hydrogen-bond acceptors (Lipinski definition) is 4. The SMILES string of the molecule is N=C(c1c(Br)cnc2nc(-c3cccc(Cl)c3)[nH]c12)C1C2C=CC(C2)C1C(N)=O. The first-order chi connectivity index (χ1) is 13.9. The molecule has 2 bridgehead atoms. The number of primary amides is 1. The van der Waals surface area contributed by atoms with E-state index in [-0.39, 0.29) is 29.6 Å². The van der Waals surface area contributed by atoms with Crippen molar-refractivity contribution in [1.29, 1.82) is 5.41 Å². The Kier molecular flexibility index (Phi) is 4.33. The van der Waals surface area contributed by atoms with Crippen molar-refractivity contribution in [2.75, 3.05) is 0 Å². The van der Waals surface area contributed by atoms with Crippen LogP contribution in [0.15, 0.2) is 47.1 Å². The number of carbonyl (C=O) groups excluding carboxylic acids is 1. The summed E-state index contributed by atoms with van der Waals surface area (Å²) in [5.41, 5.74) is 8.77. The zero-order valence-corrected chi connectivity index (χ0v) is 17.5. The standard InChI is InChI=1S/C21H17BrClN5O/c22-13-8-26-21-18(27-20(28-21)11-2-1-3-12(23)7-11)16(13)17(24)14-9-4-5-10(6-9)15(14)19(25)29/h1-5,7-10,14-15,24H,6H2,(H2,25,29)(H,26,27,28). The molecule has 1 amide bonds. The zero-order valence-electron chi connectivity index (χ0n) is 15.2. The largest absolute Gasteiger partial charge is 0.369 e. The van der Waals surface area contributed by atoms with Gasteiger partial charge in [-0.3, -0.25) is 4.79 Å². The minimum atomic E-state index is -0.358. The van der Waals surface area contributed by atoms with E-state index in [1.807, 2.05) is 18.2 Å². The number of allylic oxidation sites excluding steroid dienone is 2. The number of aromatic amines is 1. The molecule has 0 saturated heterocycles. The first-order valence-electron chi connectivity index (χ1n) is 9.30. The van der Waals surface area contributed by atoms with Gasteiger partial charge in [0.1, 0.15) is 5.82 Å². The van der Waals surface area contributed by atoms with Crippen LogP contribution in [0.4, 0.5) is 0 Å². The summed E-state index contributed by atoms with van der Waals surface area (Å²) in [6, 6.07) is 7.39. The van der Waals surface area contributed by atoms with Crippen LogP contribution in [0.5, 0.6) is 0 Å². The van der Waals surface area contributed by atoms with Gasteiger partial charge in [0.15, 0.2) is 5.65 Å². The normalized spacial score (nSPS) is 25.0. The van der Waals surface area contributed by atoms with Crippen molar-refractivity contribution < 1.29 is 4.79 Å². The fourth-order valence-electron chi connectivity index (χ4n) is 4.74. The summed E-state index contributed by atoms with van der Waals surface area (Å²) < 4.78 is 0.686. The lowest BCUT2D eigenvalue weighted by molar-refractivity contribution is -0.123. The number of hydrogen-bond donors (Lipinski definition) is 3. The quantitative estimate of drug-likeness (QED) is 0.390. The lowest BCUT2D eigenvalue weighted by Crippen LogP contribution is -2.37. The Balaban J connectivity index is 1.63. The number of pyridine rings is 1. The molecule has 8 heteroatoms. The van der Waals surface area contributed by atoms with Gasteiger partial charge < -0.3 is 16.1 Å². The highest BCUT2D eigenvalue weighted by atomic mass is 79.9. The monoisotopic (exact) mass is 469 g/mol. The van der Waals surface area contributed by atoms with E-state index in [4.69, 9.17) is 22.7 Å². The molecule has 2 aliphatic carbocycles. The van der Waals surface area contributed by atoms with Crippen molar-refractivity contribution in [3.05, 3.63) is 57.7 Å². The summed E-state index contributed by atoms with van der Waals surface area (Å²) in [7, 11) is 0. The fourth-order valence-corrected chi connectivity index (χ4v) is 5.44. The fraction of sp³-hybridized carbons (Fsp3) is 0.238. The molecule has 6 nitrogen and oxygen atoms in total. The van der Waals surface area contributed by atoms with Crippen LogP contribution in [0.1, 0.15) is 12.0 Å². The van der Waals surface area contributed by atoms with Crippen molar-refractivity contribution in [2.45, 2.75) is 6.42 Å². The minimum Gasteiger partial charge on any atom is -0.369 e. The molecule has 0 aliphatic heterocycles. The average molecular weight is 471 g/mol. The van der Waals surface area contributed by atoms with Crippen molar-refractivity contribution in [3.8, 4) is 11.4 Å². The number of nitrogens with one attached hydrogen (secondary N) is 2. The molecule has 2 aromatic heterocycles. The van der Waals surface area contributed by atoms with Crippen LogP contribution < -0.4 is 5.73 Å². The predicted octanol–water partition coefficient (Wildman–Crippen LogP) is 4.33. The number of nitrogens with zero attached hydrogens (tertiary/aromatic N) is 2. The van der Waals surface area contributed by atoms with Crippen LogP contribution in [0, 0.1) is 29.1 Å². The Morgan fingerprint density at radius 2 is 2.03 bits per heavy atom. The second-order valence-corrected chi connectivity index (χ2v) is 8.88. The average Bonchev–Trinajstić information content (AvgIpc) is 3.41. The number of rotatable bonds is 4. The van der Waals surface area contributed by atoms with Gasteiger partial charge in [-0.15, -0.1) is 0 Å². The van der Waals surface area contributed by atoms with E-state index in [1.165, 1.54) is 0 Å². The third kappa shape index (κ3) is 2.91. The van der Waals surface area contributed by atoms with Gasteiger partial charge in [0.2, 0.25) is 5.91 Å². The van der Waals surface area contributed by atoms with Gasteiger partial charge in [0.25, 0.3) is 0 Å². The molecule has 4 N–H and O–H groups in total. The third-order valence-corrected chi connectivity index (χ3v) is 6.80. The number of imidazole rings is 1. The number of aromatic nitrogens is 3. The second kappa shape index (κ2) is 6.78. The molecule has 5 rings (SSSR count). The van der Waals surface area contributed by atoms with Crippen molar-refractivity contribution in [2.24, 2.45) is 29.4 Å². The van der Waals surface area contributed by atoms with Gasteiger partial charge in [0.05, 0.1) is 11.4 Å². The van der Waals surface area contributed by atoms with E-state index in [2.05, 4.69) is 43.0 Å². The number of amides is 1. The number of halogens is 2. The summed E-state index contributed by atoms with van der Waals surface area (Å²) in [4.78, 5) is 24.4. The first kappa shape index (κ1) is 18.5. The Morgan fingerprint density at radius 1 is 1.28 bits per heavy atom. The highest BCUT2D eigenvalue weighted by Gasteiger charge is 2.49. The molecule has 0 spiro atoms. The summed E-state index contributed by atoms with van der Waals surface area (Å²) in [6.45, 7) is 0. The number of benzene rings is 1. The Labute approximate surface area is 180 Å². The molecule has 1 fully saturated rings. The molecular weight excluding hydrogens is 454 g/mol. The molecule has 4 atom stereocenters. The maximum absolute atomic E-state index is 12.1. The molecule has 1 aromatic carbocycles. The van der Waals surface area contributed by atoms with E-state index in [0.717, 1.165) is 12.0 Å². The van der Waals surface area contributed by atoms with Gasteiger partial charge in [-0.1, -0.05) is 35.9 Å². The van der Waals surface area contributed by atoms with Gasteiger partial charge in [-0.05, 0) is 46.3 Å². The first-order valence-corrected chi connectivity index (χ1v) is 10.5. The van der Waals surface area contributed by atoms with Gasteiger partial charge >= 0.3 is 0 Å². The molecule has 1 saturated carbocycles. The lowest BCUT2D eigenvalue weighted by atomic mass is 9.77. The lowest BCUT2D eigenvalue weighted by Gasteiger charge is -2.26. The second-order valence-electron chi connectivity index (χ2n) is 7.59. The summed E-state index contributed by atoms with van der Waals surface area (Å²) in [5.74, 6) is -0.0628. The van der Waals surface area contributed by atoms with Crippen molar-refractivity contribution >= 4 is 50.3 Å². The number of fused-ring (bicyclic) bond motifs is 3. The Hall–Kier alpha value is -2.51. The van der Waals surface area contributed by atoms with Gasteiger partial charge in [-0.2, -0.15) is 0 Å². The summed E-state index contributed by atoms with van der Waals surface area (Å²) >= 11 is 9.67. The van der Waals surface area contributed by atoms with Crippen LogP contribution in [-0.4, -0.2) is 26.6 Å². The molecule has 0 radical (unpaired) electrons. The number of H-pyrrole nitrogens is 1. The molecule has 4 unspecified atom stereocenters. The highest BCUT2D eigenvalue weighted by molar-refractivity contribution is 9.10. The minimum absolute atomic E-state index is 0.114. The topological polar surface area (TPSA) is 109 Å². The highest BCUT2D eigenvalue weighted by Crippen LogP contribution is 2.49. The van der Waals surface area contributed by atoms with Crippen molar-refractivity contribution in [1.82, 2.24) is 15.0 Å². The smallest absolute Gasteiger partial charge is 0.221 e. The molecule has 3 aromatic rings.